The first kappa shape index (κ1) is 10.9. The lowest BCUT2D eigenvalue weighted by Crippen LogP contribution is -2.14. The molecule has 2 heterocycles. The van der Waals surface area contributed by atoms with E-state index in [4.69, 9.17) is 4.42 Å². The molecule has 0 bridgehead atoms. The van der Waals surface area contributed by atoms with Crippen molar-refractivity contribution in [3.63, 3.8) is 0 Å². The normalized spacial score (nSPS) is 10.6. The first-order valence-corrected chi connectivity index (χ1v) is 5.42. The first-order valence-electron chi connectivity index (χ1n) is 5.42. The van der Waals surface area contributed by atoms with Crippen molar-refractivity contribution in [2.45, 2.75) is 26.9 Å². The van der Waals surface area contributed by atoms with Crippen LogP contribution in [0.4, 0.5) is 0 Å². The Balaban J connectivity index is 1.87. The lowest BCUT2D eigenvalue weighted by Gasteiger charge is -2.04. The van der Waals surface area contributed by atoms with Crippen LogP contribution < -0.4 is 5.32 Å². The van der Waals surface area contributed by atoms with E-state index in [0.29, 0.717) is 0 Å². The average molecular weight is 216 g/mol. The molecule has 0 aromatic carbocycles. The van der Waals surface area contributed by atoms with Crippen LogP contribution in [-0.2, 0) is 13.1 Å². The maximum atomic E-state index is 5.47. The fourth-order valence-electron chi connectivity index (χ4n) is 1.59. The molecule has 0 spiro atoms. The van der Waals surface area contributed by atoms with Crippen molar-refractivity contribution >= 4 is 0 Å². The summed E-state index contributed by atoms with van der Waals surface area (Å²) in [5.41, 5.74) is 2.30. The van der Waals surface area contributed by atoms with Crippen molar-refractivity contribution in [3.05, 3.63) is 53.2 Å². The van der Waals surface area contributed by atoms with E-state index in [1.807, 2.05) is 31.3 Å². The summed E-state index contributed by atoms with van der Waals surface area (Å²) in [6.07, 6.45) is 1.82. The molecule has 0 radical (unpaired) electrons. The van der Waals surface area contributed by atoms with Gasteiger partial charge in [-0.2, -0.15) is 0 Å². The zero-order valence-electron chi connectivity index (χ0n) is 9.66. The highest BCUT2D eigenvalue weighted by Gasteiger charge is 2.00. The fourth-order valence-corrected chi connectivity index (χ4v) is 1.59. The molecule has 0 saturated carbocycles. The summed E-state index contributed by atoms with van der Waals surface area (Å²) in [7, 11) is 0. The Bertz CT molecular complexity index is 462. The van der Waals surface area contributed by atoms with Crippen LogP contribution >= 0.6 is 0 Å². The van der Waals surface area contributed by atoms with Crippen molar-refractivity contribution in [2.24, 2.45) is 0 Å². The second-order valence-electron chi connectivity index (χ2n) is 3.88. The van der Waals surface area contributed by atoms with E-state index in [9.17, 15) is 0 Å². The molecule has 0 aliphatic heterocycles. The van der Waals surface area contributed by atoms with Gasteiger partial charge in [0.15, 0.2) is 0 Å². The maximum absolute atomic E-state index is 5.47. The van der Waals surface area contributed by atoms with E-state index < -0.39 is 0 Å². The summed E-state index contributed by atoms with van der Waals surface area (Å²) in [4.78, 5) is 4.32. The van der Waals surface area contributed by atoms with E-state index in [1.165, 1.54) is 5.56 Å². The highest BCUT2D eigenvalue weighted by molar-refractivity contribution is 5.17. The number of furan rings is 1. The Kier molecular flexibility index (Phi) is 3.37. The number of hydrogen-bond donors (Lipinski definition) is 1. The van der Waals surface area contributed by atoms with Gasteiger partial charge in [0.25, 0.3) is 0 Å². The van der Waals surface area contributed by atoms with Crippen molar-refractivity contribution in [2.75, 3.05) is 0 Å². The standard InChI is InChI=1S/C13H16N2O/c1-10-4-3-7-15-13(10)9-14-8-12-6-5-11(2)16-12/h3-7,14H,8-9H2,1-2H3. The summed E-state index contributed by atoms with van der Waals surface area (Å²) >= 11 is 0. The van der Waals surface area contributed by atoms with Crippen LogP contribution in [0, 0.1) is 13.8 Å². The van der Waals surface area contributed by atoms with Gasteiger partial charge in [0.2, 0.25) is 0 Å². The van der Waals surface area contributed by atoms with Gasteiger partial charge in [0.1, 0.15) is 11.5 Å². The van der Waals surface area contributed by atoms with Gasteiger partial charge in [0.05, 0.1) is 12.2 Å². The Hall–Kier alpha value is -1.61. The van der Waals surface area contributed by atoms with Gasteiger partial charge in [-0.3, -0.25) is 4.98 Å². The van der Waals surface area contributed by atoms with Crippen molar-refractivity contribution < 1.29 is 4.42 Å². The number of nitrogens with one attached hydrogen (secondary N) is 1. The Morgan fingerprint density at radius 2 is 2.06 bits per heavy atom. The molecule has 3 heteroatoms. The fraction of sp³-hybridized carbons (Fsp3) is 0.308. The molecule has 0 fully saturated rings. The quantitative estimate of drug-likeness (QED) is 0.853. The lowest BCUT2D eigenvalue weighted by atomic mass is 10.2. The molecule has 16 heavy (non-hydrogen) atoms. The van der Waals surface area contributed by atoms with Gasteiger partial charge in [-0.15, -0.1) is 0 Å². The van der Waals surface area contributed by atoms with Crippen LogP contribution in [-0.4, -0.2) is 4.98 Å². The van der Waals surface area contributed by atoms with Gasteiger partial charge in [-0.1, -0.05) is 6.07 Å². The summed E-state index contributed by atoms with van der Waals surface area (Å²) < 4.78 is 5.47. The van der Waals surface area contributed by atoms with Crippen LogP contribution in [0.1, 0.15) is 22.8 Å². The third-order valence-electron chi connectivity index (χ3n) is 2.51. The van der Waals surface area contributed by atoms with Crippen LogP contribution in [0.25, 0.3) is 0 Å². The Morgan fingerprint density at radius 1 is 1.19 bits per heavy atom. The molecule has 0 amide bonds. The second-order valence-corrected chi connectivity index (χ2v) is 3.88. The highest BCUT2D eigenvalue weighted by atomic mass is 16.3. The van der Waals surface area contributed by atoms with E-state index in [2.05, 4.69) is 23.3 Å². The van der Waals surface area contributed by atoms with E-state index in [0.717, 1.165) is 30.3 Å². The molecule has 0 atom stereocenters. The summed E-state index contributed by atoms with van der Waals surface area (Å²) in [5, 5.41) is 3.32. The molecule has 0 saturated heterocycles. The second kappa shape index (κ2) is 4.94. The minimum absolute atomic E-state index is 0.740. The molecule has 0 unspecified atom stereocenters. The molecule has 3 nitrogen and oxygen atoms in total. The summed E-state index contributed by atoms with van der Waals surface area (Å²) in [6, 6.07) is 7.99. The van der Waals surface area contributed by atoms with Gasteiger partial charge in [-0.25, -0.2) is 0 Å². The van der Waals surface area contributed by atoms with Gasteiger partial charge in [-0.05, 0) is 37.6 Å². The monoisotopic (exact) mass is 216 g/mol. The Labute approximate surface area is 95.5 Å². The molecule has 0 aliphatic rings. The van der Waals surface area contributed by atoms with Crippen molar-refractivity contribution in [3.8, 4) is 0 Å². The molecular formula is C13H16N2O. The van der Waals surface area contributed by atoms with E-state index in [-0.39, 0.29) is 0 Å². The molecule has 1 N–H and O–H groups in total. The first-order chi connectivity index (χ1) is 7.75. The minimum Gasteiger partial charge on any atom is -0.465 e. The number of aromatic nitrogens is 1. The third kappa shape index (κ3) is 2.70. The average Bonchev–Trinajstić information content (AvgIpc) is 2.67. The van der Waals surface area contributed by atoms with Crippen LogP contribution in [0.15, 0.2) is 34.9 Å². The van der Waals surface area contributed by atoms with Crippen molar-refractivity contribution in [1.29, 1.82) is 0 Å². The minimum atomic E-state index is 0.740. The zero-order chi connectivity index (χ0) is 11.4. The third-order valence-corrected chi connectivity index (χ3v) is 2.51. The molecular weight excluding hydrogens is 200 g/mol. The number of rotatable bonds is 4. The largest absolute Gasteiger partial charge is 0.465 e. The molecule has 84 valence electrons. The Morgan fingerprint density at radius 3 is 2.75 bits per heavy atom. The SMILES string of the molecule is Cc1ccc(CNCc2ncccc2C)o1. The maximum Gasteiger partial charge on any atom is 0.117 e. The lowest BCUT2D eigenvalue weighted by molar-refractivity contribution is 0.460. The van der Waals surface area contributed by atoms with Crippen LogP contribution in [0.5, 0.6) is 0 Å². The number of aryl methyl sites for hydroxylation is 2. The zero-order valence-corrected chi connectivity index (χ0v) is 9.66. The molecule has 2 aromatic rings. The number of hydrogen-bond acceptors (Lipinski definition) is 3. The summed E-state index contributed by atoms with van der Waals surface area (Å²) in [6.45, 7) is 5.53. The smallest absolute Gasteiger partial charge is 0.117 e. The van der Waals surface area contributed by atoms with Gasteiger partial charge in [0, 0.05) is 12.7 Å². The highest BCUT2D eigenvalue weighted by Crippen LogP contribution is 2.07. The summed E-state index contributed by atoms with van der Waals surface area (Å²) in [5.74, 6) is 1.91. The molecule has 0 aliphatic carbocycles. The predicted molar refractivity (Wildman–Crippen MR) is 63.0 cm³/mol. The van der Waals surface area contributed by atoms with E-state index in [1.54, 1.807) is 0 Å². The molecule has 2 rings (SSSR count). The predicted octanol–water partition coefficient (Wildman–Crippen LogP) is 2.58. The topological polar surface area (TPSA) is 38.1 Å². The van der Waals surface area contributed by atoms with Crippen LogP contribution in [0.3, 0.4) is 0 Å². The van der Waals surface area contributed by atoms with Gasteiger partial charge >= 0.3 is 0 Å². The van der Waals surface area contributed by atoms with Crippen LogP contribution in [0.2, 0.25) is 0 Å². The molecule has 2 aromatic heterocycles. The van der Waals surface area contributed by atoms with Crippen molar-refractivity contribution in [1.82, 2.24) is 10.3 Å². The number of pyridine rings is 1. The van der Waals surface area contributed by atoms with E-state index >= 15 is 0 Å². The van der Waals surface area contributed by atoms with Gasteiger partial charge < -0.3 is 9.73 Å². The number of nitrogens with zero attached hydrogens (tertiary/aromatic N) is 1.